The molecule has 0 atom stereocenters. The maximum Gasteiger partial charge on any atom is 0.206 e. The van der Waals surface area contributed by atoms with Crippen LogP contribution in [0.4, 0.5) is 0 Å². The molecular weight excluding hydrogens is 304 g/mol. The smallest absolute Gasteiger partial charge is 0.206 e. The van der Waals surface area contributed by atoms with Crippen molar-refractivity contribution in [3.8, 4) is 11.3 Å². The van der Waals surface area contributed by atoms with E-state index in [0.29, 0.717) is 0 Å². The molecule has 0 amide bonds. The summed E-state index contributed by atoms with van der Waals surface area (Å²) in [5, 5.41) is 6.69. The average Bonchev–Trinajstić information content (AvgIpc) is 2.98. The molecule has 1 aromatic carbocycles. The maximum absolute atomic E-state index is 4.60. The van der Waals surface area contributed by atoms with Crippen molar-refractivity contribution in [2.75, 3.05) is 6.54 Å². The van der Waals surface area contributed by atoms with E-state index >= 15 is 0 Å². The molecule has 0 saturated carbocycles. The van der Waals surface area contributed by atoms with Crippen LogP contribution in [0.2, 0.25) is 0 Å². The Balaban J connectivity index is 2.06. The third-order valence-electron chi connectivity index (χ3n) is 3.32. The van der Waals surface area contributed by atoms with Crippen molar-refractivity contribution in [1.29, 1.82) is 0 Å². The van der Waals surface area contributed by atoms with E-state index in [2.05, 4.69) is 51.6 Å². The normalized spacial score (nSPS) is 12.2. The molecule has 0 aliphatic rings. The Morgan fingerprint density at radius 1 is 1.17 bits per heavy atom. The van der Waals surface area contributed by atoms with Gasteiger partial charge in [-0.05, 0) is 26.0 Å². The standard InChI is InChI=1S/C18H18N4S/c1-3-19-18-22(21-12-16-6-4-5-11-20-16)17(13-23-18)15-9-7-14(2)8-10-15/h4-13H,3H2,1-2H3. The molecule has 0 aliphatic carbocycles. The van der Waals surface area contributed by atoms with Crippen molar-refractivity contribution in [1.82, 2.24) is 9.66 Å². The number of hydrogen-bond donors (Lipinski definition) is 0. The summed E-state index contributed by atoms with van der Waals surface area (Å²) in [6, 6.07) is 14.2. The predicted molar refractivity (Wildman–Crippen MR) is 95.8 cm³/mol. The molecule has 0 fully saturated rings. The lowest BCUT2D eigenvalue weighted by Gasteiger charge is -2.04. The first-order valence-electron chi connectivity index (χ1n) is 7.51. The van der Waals surface area contributed by atoms with Crippen LogP contribution in [-0.2, 0) is 0 Å². The van der Waals surface area contributed by atoms with Gasteiger partial charge in [0.1, 0.15) is 0 Å². The second-order valence-electron chi connectivity index (χ2n) is 5.05. The van der Waals surface area contributed by atoms with Crippen LogP contribution < -0.4 is 4.80 Å². The topological polar surface area (TPSA) is 42.5 Å². The van der Waals surface area contributed by atoms with E-state index < -0.39 is 0 Å². The molecule has 0 aliphatic heterocycles. The summed E-state index contributed by atoms with van der Waals surface area (Å²) in [4.78, 5) is 9.69. The minimum Gasteiger partial charge on any atom is -0.258 e. The highest BCUT2D eigenvalue weighted by Gasteiger charge is 2.07. The number of hydrogen-bond acceptors (Lipinski definition) is 4. The van der Waals surface area contributed by atoms with Crippen LogP contribution in [0.5, 0.6) is 0 Å². The molecule has 23 heavy (non-hydrogen) atoms. The molecule has 0 spiro atoms. The van der Waals surface area contributed by atoms with Crippen LogP contribution in [0.25, 0.3) is 11.3 Å². The van der Waals surface area contributed by atoms with Gasteiger partial charge in [0.2, 0.25) is 4.80 Å². The Morgan fingerprint density at radius 3 is 2.70 bits per heavy atom. The van der Waals surface area contributed by atoms with Crippen LogP contribution in [0.1, 0.15) is 18.2 Å². The summed E-state index contributed by atoms with van der Waals surface area (Å²) in [6.45, 7) is 4.84. The monoisotopic (exact) mass is 322 g/mol. The summed E-state index contributed by atoms with van der Waals surface area (Å²) in [5.41, 5.74) is 4.23. The van der Waals surface area contributed by atoms with Gasteiger partial charge >= 0.3 is 0 Å². The fourth-order valence-corrected chi connectivity index (χ4v) is 3.05. The van der Waals surface area contributed by atoms with E-state index in [1.54, 1.807) is 23.7 Å². The van der Waals surface area contributed by atoms with Crippen molar-refractivity contribution in [2.24, 2.45) is 10.1 Å². The Bertz CT molecular complexity index is 858. The zero-order valence-corrected chi connectivity index (χ0v) is 14.0. The Hall–Kier alpha value is -2.53. The Morgan fingerprint density at radius 2 is 2.00 bits per heavy atom. The van der Waals surface area contributed by atoms with E-state index in [0.717, 1.165) is 28.3 Å². The Labute approximate surface area is 139 Å². The first-order chi connectivity index (χ1) is 11.3. The highest BCUT2D eigenvalue weighted by molar-refractivity contribution is 7.07. The fraction of sp³-hybridized carbons (Fsp3) is 0.167. The van der Waals surface area contributed by atoms with E-state index in [9.17, 15) is 0 Å². The molecule has 3 rings (SSSR count). The number of aryl methyl sites for hydroxylation is 1. The SMILES string of the molecule is CCN=c1scc(-c2ccc(C)cc2)n1N=Cc1ccccn1. The molecule has 0 N–H and O–H groups in total. The highest BCUT2D eigenvalue weighted by Crippen LogP contribution is 2.20. The fourth-order valence-electron chi connectivity index (χ4n) is 2.15. The van der Waals surface area contributed by atoms with Gasteiger partial charge in [0, 0.05) is 23.7 Å². The summed E-state index contributed by atoms with van der Waals surface area (Å²) >= 11 is 1.60. The minimum absolute atomic E-state index is 0.729. The average molecular weight is 322 g/mol. The van der Waals surface area contributed by atoms with Gasteiger partial charge in [0.15, 0.2) is 0 Å². The Kier molecular flexibility index (Phi) is 4.78. The van der Waals surface area contributed by atoms with Crippen molar-refractivity contribution < 1.29 is 0 Å². The summed E-state index contributed by atoms with van der Waals surface area (Å²) in [6.07, 6.45) is 3.52. The van der Waals surface area contributed by atoms with Crippen LogP contribution in [0, 0.1) is 6.92 Å². The largest absolute Gasteiger partial charge is 0.258 e. The molecule has 2 heterocycles. The molecule has 0 unspecified atom stereocenters. The van der Waals surface area contributed by atoms with Crippen molar-refractivity contribution in [3.63, 3.8) is 0 Å². The van der Waals surface area contributed by atoms with Crippen LogP contribution in [0.15, 0.2) is 64.1 Å². The molecule has 4 nitrogen and oxygen atoms in total. The van der Waals surface area contributed by atoms with Crippen molar-refractivity contribution in [2.45, 2.75) is 13.8 Å². The second kappa shape index (κ2) is 7.15. The quantitative estimate of drug-likeness (QED) is 0.675. The van der Waals surface area contributed by atoms with E-state index in [4.69, 9.17) is 0 Å². The number of benzene rings is 1. The third kappa shape index (κ3) is 3.63. The van der Waals surface area contributed by atoms with Gasteiger partial charge in [0.05, 0.1) is 17.6 Å². The van der Waals surface area contributed by atoms with Crippen LogP contribution >= 0.6 is 11.3 Å². The van der Waals surface area contributed by atoms with Gasteiger partial charge in [-0.25, -0.2) is 4.68 Å². The van der Waals surface area contributed by atoms with E-state index in [1.807, 2.05) is 29.8 Å². The summed E-state index contributed by atoms with van der Waals surface area (Å²) < 4.78 is 1.88. The molecule has 3 aromatic rings. The number of nitrogens with zero attached hydrogens (tertiary/aromatic N) is 4. The van der Waals surface area contributed by atoms with E-state index in [1.165, 1.54) is 5.56 Å². The van der Waals surface area contributed by atoms with Crippen LogP contribution in [-0.4, -0.2) is 22.4 Å². The molecule has 0 radical (unpaired) electrons. The molecular formula is C18H18N4S. The maximum atomic E-state index is 4.60. The zero-order chi connectivity index (χ0) is 16.1. The van der Waals surface area contributed by atoms with Gasteiger partial charge in [-0.1, -0.05) is 35.9 Å². The van der Waals surface area contributed by atoms with Gasteiger partial charge in [-0.3, -0.25) is 9.98 Å². The zero-order valence-electron chi connectivity index (χ0n) is 13.2. The van der Waals surface area contributed by atoms with Crippen molar-refractivity contribution in [3.05, 3.63) is 70.1 Å². The molecule has 0 bridgehead atoms. The summed E-state index contributed by atoms with van der Waals surface area (Å²) in [5.74, 6) is 0. The molecule has 2 aromatic heterocycles. The lowest BCUT2D eigenvalue weighted by Crippen LogP contribution is -2.12. The van der Waals surface area contributed by atoms with Gasteiger partial charge in [-0.15, -0.1) is 11.3 Å². The number of thiazole rings is 1. The van der Waals surface area contributed by atoms with Gasteiger partial charge < -0.3 is 0 Å². The number of aromatic nitrogens is 2. The van der Waals surface area contributed by atoms with Gasteiger partial charge in [-0.2, -0.15) is 5.10 Å². The lowest BCUT2D eigenvalue weighted by molar-refractivity contribution is 0.832. The van der Waals surface area contributed by atoms with Crippen molar-refractivity contribution >= 4 is 17.6 Å². The first kappa shape index (κ1) is 15.4. The second-order valence-corrected chi connectivity index (χ2v) is 5.89. The third-order valence-corrected chi connectivity index (χ3v) is 4.17. The summed E-state index contributed by atoms with van der Waals surface area (Å²) in [7, 11) is 0. The van der Waals surface area contributed by atoms with Gasteiger partial charge in [0.25, 0.3) is 0 Å². The van der Waals surface area contributed by atoms with Crippen LogP contribution in [0.3, 0.4) is 0 Å². The van der Waals surface area contributed by atoms with E-state index in [-0.39, 0.29) is 0 Å². The first-order valence-corrected chi connectivity index (χ1v) is 8.39. The highest BCUT2D eigenvalue weighted by atomic mass is 32.1. The number of pyridine rings is 1. The molecule has 5 heteroatoms. The minimum atomic E-state index is 0.729. The molecule has 0 saturated heterocycles. The lowest BCUT2D eigenvalue weighted by atomic mass is 10.1. The predicted octanol–water partition coefficient (Wildman–Crippen LogP) is 3.72. The molecule has 116 valence electrons. The number of rotatable bonds is 4.